The molecule has 0 fully saturated rings. The number of halogens is 2. The van der Waals surface area contributed by atoms with E-state index in [2.05, 4.69) is 149 Å². The van der Waals surface area contributed by atoms with Crippen molar-refractivity contribution in [2.24, 2.45) is 5.92 Å². The molecule has 4 aromatic carbocycles. The van der Waals surface area contributed by atoms with Gasteiger partial charge in [-0.3, -0.25) is 0 Å². The van der Waals surface area contributed by atoms with Crippen molar-refractivity contribution in [3.05, 3.63) is 129 Å². The van der Waals surface area contributed by atoms with Crippen LogP contribution in [0, 0.1) is 26.7 Å². The molecule has 0 N–H and O–H groups in total. The number of hydrogen-bond acceptors (Lipinski definition) is 0. The van der Waals surface area contributed by atoms with Crippen molar-refractivity contribution in [1.82, 2.24) is 0 Å². The summed E-state index contributed by atoms with van der Waals surface area (Å²) in [5, 5.41) is 0. The van der Waals surface area contributed by atoms with Gasteiger partial charge in [0, 0.05) is 0 Å². The monoisotopic (exact) mass is 702 g/mol. The van der Waals surface area contributed by atoms with Crippen molar-refractivity contribution >= 4 is 43.8 Å². The third kappa shape index (κ3) is 5.35. The molecule has 0 nitrogen and oxygen atoms in total. The Hall–Kier alpha value is -1.96. The first-order chi connectivity index (χ1) is 19.4. The molecular formula is C39H46Cl2SiZr. The number of benzene rings is 4. The Morgan fingerprint density at radius 1 is 0.628 bits per heavy atom. The second kappa shape index (κ2) is 12.1. The number of hydrogen-bond donors (Lipinski definition) is 0. The number of fused-ring (bicyclic) bond motifs is 2. The van der Waals surface area contributed by atoms with E-state index in [-0.39, 0.29) is 24.8 Å². The molecule has 2 unspecified atom stereocenters. The minimum absolute atomic E-state index is 0. The SMILES string of the molecule is CC1=Cc2c(-c3ccccc3)c(C)c(C)c(C)c2[CH]1[Zr]([CH3])([CH3])(=[SiH2])[CH]1C(C(C)C)=Cc2c(-c3ccccc3)cccc21.Cl.Cl. The van der Waals surface area contributed by atoms with E-state index in [0.29, 0.717) is 13.2 Å². The maximum Gasteiger partial charge on any atom is -0.147 e. The maximum atomic E-state index is 2.78. The van der Waals surface area contributed by atoms with Gasteiger partial charge < -0.3 is 0 Å². The predicted molar refractivity (Wildman–Crippen MR) is 195 cm³/mol. The Labute approximate surface area is 274 Å². The van der Waals surface area contributed by atoms with Gasteiger partial charge in [0.15, 0.2) is 0 Å². The van der Waals surface area contributed by atoms with Crippen LogP contribution in [0.5, 0.6) is 0 Å². The molecule has 0 aromatic heterocycles. The van der Waals surface area contributed by atoms with Crippen LogP contribution < -0.4 is 0 Å². The molecule has 2 aliphatic rings. The average Bonchev–Trinajstić information content (AvgIpc) is 3.53. The smallest absolute Gasteiger partial charge is 0.147 e. The second-order valence-electron chi connectivity index (χ2n) is 14.1. The van der Waals surface area contributed by atoms with Gasteiger partial charge in [-0.2, -0.15) is 0 Å². The van der Waals surface area contributed by atoms with E-state index in [1.165, 1.54) is 50.1 Å². The van der Waals surface area contributed by atoms with Crippen LogP contribution in [-0.4, -0.2) is 6.88 Å². The normalized spacial score (nSPS) is 17.4. The molecule has 0 heterocycles. The van der Waals surface area contributed by atoms with Crippen LogP contribution in [0.1, 0.15) is 67.0 Å². The summed E-state index contributed by atoms with van der Waals surface area (Å²) in [5.41, 5.74) is 19.3. The zero-order valence-electron chi connectivity index (χ0n) is 26.9. The number of rotatable bonds is 5. The van der Waals surface area contributed by atoms with Crippen molar-refractivity contribution < 1.29 is 17.4 Å². The minimum Gasteiger partial charge on any atom is -0.147 e. The summed E-state index contributed by atoms with van der Waals surface area (Å²) in [4.78, 5) is 0. The van der Waals surface area contributed by atoms with E-state index in [1.807, 2.05) is 0 Å². The fraction of sp³-hybridized carbons (Fsp3) is 0.282. The van der Waals surface area contributed by atoms with Gasteiger partial charge in [0.05, 0.1) is 0 Å². The van der Waals surface area contributed by atoms with Crippen LogP contribution >= 0.6 is 24.8 Å². The first-order valence-corrected chi connectivity index (χ1v) is 28.9. The molecule has 0 amide bonds. The first-order valence-electron chi connectivity index (χ1n) is 15.2. The van der Waals surface area contributed by atoms with Gasteiger partial charge in [0.2, 0.25) is 0 Å². The Morgan fingerprint density at radius 2 is 1.21 bits per heavy atom. The molecule has 0 saturated heterocycles. The molecule has 4 aromatic rings. The van der Waals surface area contributed by atoms with E-state index in [4.69, 9.17) is 0 Å². The summed E-state index contributed by atoms with van der Waals surface area (Å²) >= 11 is -3.68. The molecule has 0 radical (unpaired) electrons. The Morgan fingerprint density at radius 3 is 1.79 bits per heavy atom. The summed E-state index contributed by atoms with van der Waals surface area (Å²) in [6, 6.07) is 29.2. The van der Waals surface area contributed by atoms with E-state index >= 15 is 0 Å². The average molecular weight is 705 g/mol. The van der Waals surface area contributed by atoms with Crippen LogP contribution in [0.3, 0.4) is 0 Å². The van der Waals surface area contributed by atoms with Gasteiger partial charge in [0.1, 0.15) is 0 Å². The standard InChI is InChI=1S/C19H19.C18H17.2CH3.2ClH.H2Si.Zr/c1-12-10-17-14(3)13(2)15(4)19(18(17)11-12)16-8-6-5-7-9-16;1-13(2)16-11-15-9-6-10-17(18(15)12-16)14-7-4-3-5-8-14;;;;;;/h5-11H,1-4H3;3-13H,1-2H3;2*1H3;2*1H;1H2;. The third-order valence-electron chi connectivity index (χ3n) is 10.4. The Balaban J connectivity index is 0.00000212. The maximum absolute atomic E-state index is 3.68. The van der Waals surface area contributed by atoms with Gasteiger partial charge in [-0.1, -0.05) is 0 Å². The zero-order chi connectivity index (χ0) is 29.3. The fourth-order valence-electron chi connectivity index (χ4n) is 8.49. The van der Waals surface area contributed by atoms with Crippen LogP contribution in [0.4, 0.5) is 0 Å². The minimum atomic E-state index is -3.68. The summed E-state index contributed by atoms with van der Waals surface area (Å²) in [6.45, 7) is 16.8. The quantitative estimate of drug-likeness (QED) is 0.181. The summed E-state index contributed by atoms with van der Waals surface area (Å²) in [7, 11) is 0. The van der Waals surface area contributed by atoms with Gasteiger partial charge in [-0.25, -0.2) is 0 Å². The summed E-state index contributed by atoms with van der Waals surface area (Å²) in [6.07, 6.45) is 5.17. The van der Waals surface area contributed by atoms with Crippen molar-refractivity contribution in [2.75, 3.05) is 0 Å². The largest absolute Gasteiger partial charge is 0.147 e. The van der Waals surface area contributed by atoms with Gasteiger partial charge in [-0.15, -0.1) is 24.8 Å². The fourth-order valence-corrected chi connectivity index (χ4v) is 29.1. The molecule has 0 aliphatic heterocycles. The summed E-state index contributed by atoms with van der Waals surface area (Å²) in [5.74, 6) is 0.513. The van der Waals surface area contributed by atoms with Crippen LogP contribution in [0.2, 0.25) is 9.26 Å². The van der Waals surface area contributed by atoms with Crippen LogP contribution in [-0.2, 0) is 17.4 Å². The van der Waals surface area contributed by atoms with Gasteiger partial charge in [0.25, 0.3) is 0 Å². The van der Waals surface area contributed by atoms with Gasteiger partial charge in [-0.05, 0) is 0 Å². The molecule has 2 atom stereocenters. The Bertz CT molecular complexity index is 1820. The second-order valence-corrected chi connectivity index (χ2v) is 44.6. The first kappa shape index (κ1) is 33.9. The Kier molecular flexibility index (Phi) is 9.54. The predicted octanol–water partition coefficient (Wildman–Crippen LogP) is 11.4. The molecule has 43 heavy (non-hydrogen) atoms. The van der Waals surface area contributed by atoms with Crippen molar-refractivity contribution in [2.45, 2.75) is 58.1 Å². The van der Waals surface area contributed by atoms with Crippen molar-refractivity contribution in [1.29, 1.82) is 0 Å². The molecule has 0 spiro atoms. The molecule has 224 valence electrons. The third-order valence-corrected chi connectivity index (χ3v) is 28.0. The molecule has 6 rings (SSSR count). The molecule has 2 aliphatic carbocycles. The molecular weight excluding hydrogens is 659 g/mol. The molecule has 0 saturated carbocycles. The van der Waals surface area contributed by atoms with E-state index in [9.17, 15) is 0 Å². The van der Waals surface area contributed by atoms with Gasteiger partial charge >= 0.3 is 252 Å². The van der Waals surface area contributed by atoms with Crippen LogP contribution in [0.25, 0.3) is 34.4 Å². The zero-order valence-corrected chi connectivity index (χ0v) is 32.4. The van der Waals surface area contributed by atoms with E-state index in [0.717, 1.165) is 0 Å². The molecule has 4 heteroatoms. The topological polar surface area (TPSA) is 0 Å². The van der Waals surface area contributed by atoms with E-state index < -0.39 is 17.4 Å². The van der Waals surface area contributed by atoms with Crippen LogP contribution in [0.15, 0.2) is 90.0 Å². The number of allylic oxidation sites excluding steroid dienone is 2. The summed E-state index contributed by atoms with van der Waals surface area (Å²) < 4.78 is 6.59. The van der Waals surface area contributed by atoms with E-state index in [1.54, 1.807) is 22.3 Å². The van der Waals surface area contributed by atoms with Crippen molar-refractivity contribution in [3.63, 3.8) is 0 Å². The van der Waals surface area contributed by atoms with Crippen molar-refractivity contribution in [3.8, 4) is 22.3 Å². The molecule has 0 bridgehead atoms.